The number of carbonyl (C=O) groups is 1. The number of rotatable bonds is 7. The third kappa shape index (κ3) is 4.34. The molecule has 3 rings (SSSR count). The number of hydrogen-bond acceptors (Lipinski definition) is 6. The van der Waals surface area contributed by atoms with Crippen molar-refractivity contribution in [1.82, 2.24) is 15.3 Å². The van der Waals surface area contributed by atoms with Gasteiger partial charge in [0.05, 0.1) is 17.6 Å². The van der Waals surface area contributed by atoms with E-state index >= 15 is 0 Å². The molecule has 144 valence electrons. The van der Waals surface area contributed by atoms with Gasteiger partial charge in [0.15, 0.2) is 9.84 Å². The maximum Gasteiger partial charge on any atom is 0.252 e. The fraction of sp³-hybridized carbons (Fsp3) is 0.150. The topological polar surface area (TPSA) is 98.2 Å². The minimum atomic E-state index is -3.78. The van der Waals surface area contributed by atoms with Crippen molar-refractivity contribution in [3.05, 3.63) is 84.4 Å². The zero-order chi connectivity index (χ0) is 20.0. The zero-order valence-electron chi connectivity index (χ0n) is 15.1. The van der Waals surface area contributed by atoms with Crippen LogP contribution in [-0.2, 0) is 9.84 Å². The fourth-order valence-electron chi connectivity index (χ4n) is 2.69. The Hall–Kier alpha value is -3.26. The number of pyridine rings is 2. The maximum atomic E-state index is 13.2. The maximum absolute atomic E-state index is 13.2. The van der Waals surface area contributed by atoms with E-state index in [1.54, 1.807) is 48.8 Å². The van der Waals surface area contributed by atoms with Crippen LogP contribution >= 0.6 is 0 Å². The molecule has 0 aliphatic rings. The smallest absolute Gasteiger partial charge is 0.252 e. The molecule has 0 spiro atoms. The molecule has 0 aliphatic heterocycles. The van der Waals surface area contributed by atoms with Crippen molar-refractivity contribution in [2.24, 2.45) is 0 Å². The Morgan fingerprint density at radius 1 is 1.04 bits per heavy atom. The molecule has 1 N–H and O–H groups in total. The number of amides is 1. The van der Waals surface area contributed by atoms with Crippen LogP contribution in [0.15, 0.2) is 78.2 Å². The Balaban J connectivity index is 1.89. The van der Waals surface area contributed by atoms with Crippen molar-refractivity contribution >= 4 is 15.7 Å². The van der Waals surface area contributed by atoms with E-state index in [1.165, 1.54) is 31.6 Å². The molecule has 0 fully saturated rings. The molecule has 28 heavy (non-hydrogen) atoms. The van der Waals surface area contributed by atoms with Gasteiger partial charge in [0.2, 0.25) is 0 Å². The Labute approximate surface area is 163 Å². The van der Waals surface area contributed by atoms with E-state index in [-0.39, 0.29) is 11.4 Å². The van der Waals surface area contributed by atoms with Crippen LogP contribution in [0.25, 0.3) is 0 Å². The lowest BCUT2D eigenvalue weighted by Gasteiger charge is -2.19. The van der Waals surface area contributed by atoms with Gasteiger partial charge in [0.25, 0.3) is 5.91 Å². The Bertz CT molecular complexity index is 1020. The molecular weight excluding hydrogens is 378 g/mol. The highest BCUT2D eigenvalue weighted by Crippen LogP contribution is 2.29. The van der Waals surface area contributed by atoms with Crippen molar-refractivity contribution in [2.45, 2.75) is 10.1 Å². The minimum absolute atomic E-state index is 0.103. The van der Waals surface area contributed by atoms with Gasteiger partial charge < -0.3 is 10.1 Å². The number of nitrogens with one attached hydrogen (secondary N) is 1. The predicted octanol–water partition coefficient (Wildman–Crippen LogP) is 2.43. The Morgan fingerprint density at radius 3 is 2.29 bits per heavy atom. The van der Waals surface area contributed by atoms with E-state index in [4.69, 9.17) is 4.74 Å². The summed E-state index contributed by atoms with van der Waals surface area (Å²) in [6.45, 7) is -0.103. The molecule has 8 heteroatoms. The fourth-order valence-corrected chi connectivity index (χ4v) is 4.33. The van der Waals surface area contributed by atoms with Crippen LogP contribution in [0.5, 0.6) is 5.75 Å². The quantitative estimate of drug-likeness (QED) is 0.657. The summed E-state index contributed by atoms with van der Waals surface area (Å²) < 4.78 is 31.6. The van der Waals surface area contributed by atoms with Gasteiger partial charge in [-0.15, -0.1) is 0 Å². The van der Waals surface area contributed by atoms with E-state index < -0.39 is 21.0 Å². The van der Waals surface area contributed by atoms with Crippen LogP contribution in [0, 0.1) is 0 Å². The molecule has 1 atom stereocenters. The number of aromatic nitrogens is 2. The van der Waals surface area contributed by atoms with Gasteiger partial charge in [0, 0.05) is 31.3 Å². The van der Waals surface area contributed by atoms with Gasteiger partial charge >= 0.3 is 0 Å². The summed E-state index contributed by atoms with van der Waals surface area (Å²) in [5, 5.41) is 1.69. The van der Waals surface area contributed by atoms with Gasteiger partial charge in [-0.3, -0.25) is 14.8 Å². The highest BCUT2D eigenvalue weighted by atomic mass is 32.2. The van der Waals surface area contributed by atoms with Gasteiger partial charge in [-0.2, -0.15) is 0 Å². The molecule has 2 aromatic heterocycles. The van der Waals surface area contributed by atoms with Crippen LogP contribution in [-0.4, -0.2) is 37.9 Å². The molecule has 7 nitrogen and oxygen atoms in total. The molecule has 1 amide bonds. The van der Waals surface area contributed by atoms with E-state index in [9.17, 15) is 13.2 Å². The SMILES string of the molecule is COc1ccc(S(=O)(=O)[C@@H](CNC(=O)c2cccnc2)c2cccnc2)cc1. The summed E-state index contributed by atoms with van der Waals surface area (Å²) in [4.78, 5) is 20.4. The first-order valence-corrected chi connectivity index (χ1v) is 10.0. The molecular formula is C20H19N3O4S. The number of sulfone groups is 1. The largest absolute Gasteiger partial charge is 0.497 e. The molecule has 0 aliphatic carbocycles. The average molecular weight is 397 g/mol. The highest BCUT2D eigenvalue weighted by molar-refractivity contribution is 7.91. The second-order valence-electron chi connectivity index (χ2n) is 5.95. The Kier molecular flexibility index (Phi) is 6.00. The van der Waals surface area contributed by atoms with E-state index in [1.807, 2.05) is 0 Å². The summed E-state index contributed by atoms with van der Waals surface area (Å²) >= 11 is 0. The molecule has 0 bridgehead atoms. The van der Waals surface area contributed by atoms with E-state index in [0.717, 1.165) is 0 Å². The third-order valence-corrected chi connectivity index (χ3v) is 6.31. The first-order chi connectivity index (χ1) is 13.5. The zero-order valence-corrected chi connectivity index (χ0v) is 16.0. The lowest BCUT2D eigenvalue weighted by Crippen LogP contribution is -2.32. The number of nitrogens with zero attached hydrogens (tertiary/aromatic N) is 2. The van der Waals surface area contributed by atoms with Crippen LogP contribution in [0.1, 0.15) is 21.2 Å². The number of carbonyl (C=O) groups excluding carboxylic acids is 1. The second-order valence-corrected chi connectivity index (χ2v) is 8.08. The van der Waals surface area contributed by atoms with Crippen LogP contribution < -0.4 is 10.1 Å². The van der Waals surface area contributed by atoms with Gasteiger partial charge in [-0.25, -0.2) is 8.42 Å². The van der Waals surface area contributed by atoms with Crippen LogP contribution in [0.4, 0.5) is 0 Å². The van der Waals surface area contributed by atoms with Crippen LogP contribution in [0.3, 0.4) is 0 Å². The van der Waals surface area contributed by atoms with Gasteiger partial charge in [-0.1, -0.05) is 6.07 Å². The summed E-state index contributed by atoms with van der Waals surface area (Å²) in [5.74, 6) is 0.161. The van der Waals surface area contributed by atoms with Crippen LogP contribution in [0.2, 0.25) is 0 Å². The molecule has 1 aromatic carbocycles. The van der Waals surface area contributed by atoms with Crippen molar-refractivity contribution in [3.63, 3.8) is 0 Å². The summed E-state index contributed by atoms with van der Waals surface area (Å²) in [6.07, 6.45) is 6.03. The summed E-state index contributed by atoms with van der Waals surface area (Å²) in [6, 6.07) is 12.7. The normalized spacial score (nSPS) is 12.2. The number of hydrogen-bond donors (Lipinski definition) is 1. The van der Waals surface area contributed by atoms with Crippen molar-refractivity contribution in [2.75, 3.05) is 13.7 Å². The van der Waals surface area contributed by atoms with Gasteiger partial charge in [0.1, 0.15) is 11.0 Å². The predicted molar refractivity (Wildman–Crippen MR) is 104 cm³/mol. The molecule has 0 radical (unpaired) electrons. The molecule has 0 saturated carbocycles. The number of methoxy groups -OCH3 is 1. The molecule has 2 heterocycles. The standard InChI is InChI=1S/C20H19N3O4S/c1-27-17-6-8-18(9-7-17)28(25,26)19(15-4-2-10-21-12-15)14-23-20(24)16-5-3-11-22-13-16/h2-13,19H,14H2,1H3,(H,23,24)/t19-/m0/s1. The van der Waals surface area contributed by atoms with Crippen molar-refractivity contribution in [1.29, 1.82) is 0 Å². The first-order valence-electron chi connectivity index (χ1n) is 8.48. The highest BCUT2D eigenvalue weighted by Gasteiger charge is 2.30. The first kappa shape index (κ1) is 19.5. The number of benzene rings is 1. The van der Waals surface area contributed by atoms with Gasteiger partial charge in [-0.05, 0) is 48.0 Å². The monoisotopic (exact) mass is 397 g/mol. The lowest BCUT2D eigenvalue weighted by atomic mass is 10.2. The molecule has 0 unspecified atom stereocenters. The third-order valence-electron chi connectivity index (χ3n) is 4.19. The second kappa shape index (κ2) is 8.62. The van der Waals surface area contributed by atoms with Crippen molar-refractivity contribution in [3.8, 4) is 5.75 Å². The van der Waals surface area contributed by atoms with E-state index in [2.05, 4.69) is 15.3 Å². The van der Waals surface area contributed by atoms with E-state index in [0.29, 0.717) is 16.9 Å². The number of ether oxygens (including phenoxy) is 1. The van der Waals surface area contributed by atoms with Crippen molar-refractivity contribution < 1.29 is 17.9 Å². The lowest BCUT2D eigenvalue weighted by molar-refractivity contribution is 0.0953. The Morgan fingerprint density at radius 2 is 1.71 bits per heavy atom. The average Bonchev–Trinajstić information content (AvgIpc) is 2.75. The minimum Gasteiger partial charge on any atom is -0.497 e. The summed E-state index contributed by atoms with van der Waals surface area (Å²) in [7, 11) is -2.27. The summed E-state index contributed by atoms with van der Waals surface area (Å²) in [5.41, 5.74) is 0.846. The molecule has 0 saturated heterocycles. The molecule has 3 aromatic rings.